The zero-order chi connectivity index (χ0) is 21.0. The fourth-order valence-electron chi connectivity index (χ4n) is 3.86. The van der Waals surface area contributed by atoms with Gasteiger partial charge in [0.25, 0.3) is 0 Å². The summed E-state index contributed by atoms with van der Waals surface area (Å²) in [6.45, 7) is 12.5. The van der Waals surface area contributed by atoms with Gasteiger partial charge in [-0.1, -0.05) is 38.0 Å². The lowest BCUT2D eigenvalue weighted by Gasteiger charge is -2.38. The number of carbonyl (C=O) groups excluding carboxylic acids is 2. The molecule has 152 valence electrons. The molecule has 0 unspecified atom stereocenters. The maximum Gasteiger partial charge on any atom is 0.319 e. The van der Waals surface area contributed by atoms with Gasteiger partial charge in [-0.2, -0.15) is 0 Å². The molecule has 7 heteroatoms. The number of piperidine rings is 1. The average molecular weight is 384 g/mol. The van der Waals surface area contributed by atoms with Crippen molar-refractivity contribution in [2.45, 2.75) is 33.2 Å². The van der Waals surface area contributed by atoms with E-state index in [-0.39, 0.29) is 5.91 Å². The second-order valence-electron chi connectivity index (χ2n) is 8.40. The Balaban J connectivity index is 2.16. The molecule has 1 aromatic rings. The number of hydrogen-bond donors (Lipinski definition) is 2. The van der Waals surface area contributed by atoms with E-state index in [0.29, 0.717) is 17.5 Å². The molecule has 1 fully saturated rings. The summed E-state index contributed by atoms with van der Waals surface area (Å²) in [6, 6.07) is 4.90. The third-order valence-electron chi connectivity index (χ3n) is 5.14. The lowest BCUT2D eigenvalue weighted by Crippen LogP contribution is -2.46. The number of nitrogens with zero attached hydrogens (tertiary/aromatic N) is 2. The molecule has 1 heterocycles. The van der Waals surface area contributed by atoms with Gasteiger partial charge in [-0.15, -0.1) is 0 Å². The molecule has 0 aliphatic carbocycles. The van der Waals surface area contributed by atoms with Crippen LogP contribution >= 0.6 is 0 Å². The molecular weight excluding hydrogens is 351 g/mol. The van der Waals surface area contributed by atoms with Gasteiger partial charge in [0.15, 0.2) is 0 Å². The zero-order valence-electron chi connectivity index (χ0n) is 18.0. The van der Waals surface area contributed by atoms with Crippen LogP contribution in [0.4, 0.5) is 10.5 Å². The van der Waals surface area contributed by atoms with E-state index in [9.17, 15) is 9.59 Å². The van der Waals surface area contributed by atoms with Gasteiger partial charge in [-0.05, 0) is 31.2 Å². The van der Waals surface area contributed by atoms with Crippen molar-refractivity contribution in [3.63, 3.8) is 0 Å². The highest BCUT2D eigenvalue weighted by Gasteiger charge is 2.25. The predicted molar refractivity (Wildman–Crippen MR) is 118 cm³/mol. The maximum absolute atomic E-state index is 12.5. The van der Waals surface area contributed by atoms with E-state index in [1.54, 1.807) is 21.0 Å². The molecule has 1 aliphatic rings. The van der Waals surface area contributed by atoms with Crippen molar-refractivity contribution in [1.29, 1.82) is 0 Å². The van der Waals surface area contributed by atoms with Crippen LogP contribution in [0.3, 0.4) is 0 Å². The first-order valence-electron chi connectivity index (χ1n) is 9.92. The third kappa shape index (κ3) is 5.53. The van der Waals surface area contributed by atoms with Crippen LogP contribution in [0.15, 0.2) is 24.8 Å². The number of carbonyl (C=O) groups is 2. The number of nitrogens with one attached hydrogen (secondary N) is 2. The summed E-state index contributed by atoms with van der Waals surface area (Å²) in [5.41, 5.74) is 3.65. The van der Waals surface area contributed by atoms with Crippen molar-refractivity contribution in [2.75, 3.05) is 32.5 Å². The first kappa shape index (κ1) is 21.9. The molecule has 2 N–H and O–H groups in total. The summed E-state index contributed by atoms with van der Waals surface area (Å²) in [6.07, 6.45) is 1.23. The van der Waals surface area contributed by atoms with Crippen molar-refractivity contribution in [2.24, 2.45) is 11.8 Å². The topological polar surface area (TPSA) is 64.7 Å². The Bertz CT molecular complexity index is 740. The maximum atomic E-state index is 12.5. The number of likely N-dealkylation sites (tertiary alicyclic amines) is 1. The van der Waals surface area contributed by atoms with Gasteiger partial charge in [-0.25, -0.2) is 4.79 Å². The number of hydrogen-bond acceptors (Lipinski definition) is 3. The molecule has 6 nitrogen and oxygen atoms in total. The van der Waals surface area contributed by atoms with Gasteiger partial charge in [0.05, 0.1) is 5.69 Å². The second kappa shape index (κ2) is 9.17. The minimum absolute atomic E-state index is 0.153. The van der Waals surface area contributed by atoms with Gasteiger partial charge in [0, 0.05) is 38.4 Å². The fraction of sp³-hybridized carbons (Fsp3) is 0.524. The lowest BCUT2D eigenvalue weighted by atomic mass is 9.89. The molecule has 1 aliphatic heterocycles. The van der Waals surface area contributed by atoms with Gasteiger partial charge < -0.3 is 20.4 Å². The highest BCUT2D eigenvalue weighted by molar-refractivity contribution is 6.32. The smallest absolute Gasteiger partial charge is 0.319 e. The minimum atomic E-state index is -0.601. The van der Waals surface area contributed by atoms with Crippen LogP contribution in [0, 0.1) is 11.8 Å². The number of likely N-dealkylation sites (N-methyl/N-ethyl adjacent to an activating group) is 1. The quantitative estimate of drug-likeness (QED) is 0.757. The van der Waals surface area contributed by atoms with E-state index in [1.165, 1.54) is 11.3 Å². The van der Waals surface area contributed by atoms with Crippen LogP contribution < -0.4 is 16.1 Å². The SMILES string of the molecule is Bc1ccc(NC(=O)N[C@@H](C)C(=O)N(C)C)c(C(=C)N2C[C@H](C)C[C@H](C)C2)c1. The summed E-state index contributed by atoms with van der Waals surface area (Å²) in [4.78, 5) is 28.2. The van der Waals surface area contributed by atoms with E-state index >= 15 is 0 Å². The Kier molecular flexibility index (Phi) is 7.16. The molecule has 0 saturated carbocycles. The standard InChI is InChI=1S/C21H33BN4O2/c1-13-9-14(2)12-26(11-13)16(4)18-10-17(22)7-8-19(18)24-21(28)23-15(3)20(27)25(5)6/h7-8,10,13-15H,4,9,11-12,22H2,1-3,5-6H3,(H2,23,24,28)/t13-,14+,15-/m0/s1. The Morgan fingerprint density at radius 3 is 2.43 bits per heavy atom. The molecule has 2 rings (SSSR count). The van der Waals surface area contributed by atoms with E-state index in [0.717, 1.165) is 29.8 Å². The lowest BCUT2D eigenvalue weighted by molar-refractivity contribution is -0.130. The normalized spacial score (nSPS) is 20.2. The van der Waals surface area contributed by atoms with E-state index in [4.69, 9.17) is 0 Å². The second-order valence-corrected chi connectivity index (χ2v) is 8.40. The largest absolute Gasteiger partial charge is 0.371 e. The predicted octanol–water partition coefficient (Wildman–Crippen LogP) is 1.49. The molecule has 3 atom stereocenters. The zero-order valence-corrected chi connectivity index (χ0v) is 18.0. The third-order valence-corrected chi connectivity index (χ3v) is 5.14. The van der Waals surface area contributed by atoms with Crippen molar-refractivity contribution in [3.05, 3.63) is 30.3 Å². The molecule has 0 bridgehead atoms. The van der Waals surface area contributed by atoms with Crippen LogP contribution in [0.5, 0.6) is 0 Å². The molecule has 0 spiro atoms. The summed E-state index contributed by atoms with van der Waals surface area (Å²) in [5, 5.41) is 5.60. The molecule has 0 aromatic heterocycles. The van der Waals surface area contributed by atoms with Crippen molar-refractivity contribution >= 4 is 36.6 Å². The van der Waals surface area contributed by atoms with Gasteiger partial charge >= 0.3 is 6.03 Å². The van der Waals surface area contributed by atoms with Crippen LogP contribution in [-0.4, -0.2) is 62.8 Å². The van der Waals surface area contributed by atoms with Crippen molar-refractivity contribution < 1.29 is 9.59 Å². The number of amides is 3. The molecular formula is C21H33BN4O2. The van der Waals surface area contributed by atoms with Crippen molar-refractivity contribution in [3.8, 4) is 0 Å². The number of anilines is 1. The van der Waals surface area contributed by atoms with E-state index < -0.39 is 12.1 Å². The van der Waals surface area contributed by atoms with E-state index in [2.05, 4.69) is 42.0 Å². The monoisotopic (exact) mass is 384 g/mol. The molecule has 28 heavy (non-hydrogen) atoms. The Hall–Kier alpha value is -2.44. The Morgan fingerprint density at radius 1 is 1.25 bits per heavy atom. The number of benzene rings is 1. The minimum Gasteiger partial charge on any atom is -0.371 e. The van der Waals surface area contributed by atoms with E-state index in [1.807, 2.05) is 20.0 Å². The van der Waals surface area contributed by atoms with Gasteiger partial charge in [-0.3, -0.25) is 4.79 Å². The molecule has 1 aromatic carbocycles. The Morgan fingerprint density at radius 2 is 1.86 bits per heavy atom. The molecule has 3 amide bonds. The van der Waals surface area contributed by atoms with Gasteiger partial charge in [0.1, 0.15) is 13.9 Å². The summed E-state index contributed by atoms with van der Waals surface area (Å²) < 4.78 is 0. The summed E-state index contributed by atoms with van der Waals surface area (Å²) in [7, 11) is 5.36. The summed E-state index contributed by atoms with van der Waals surface area (Å²) >= 11 is 0. The van der Waals surface area contributed by atoms with Crippen LogP contribution in [0.1, 0.15) is 32.8 Å². The molecule has 1 saturated heterocycles. The summed E-state index contributed by atoms with van der Waals surface area (Å²) in [5.74, 6) is 1.07. The van der Waals surface area contributed by atoms with Crippen LogP contribution in [0.2, 0.25) is 0 Å². The van der Waals surface area contributed by atoms with Gasteiger partial charge in [0.2, 0.25) is 5.91 Å². The van der Waals surface area contributed by atoms with Crippen molar-refractivity contribution in [1.82, 2.24) is 15.1 Å². The first-order chi connectivity index (χ1) is 13.1. The average Bonchev–Trinajstić information content (AvgIpc) is 2.60. The Labute approximate surface area is 169 Å². The fourth-order valence-corrected chi connectivity index (χ4v) is 3.86. The van der Waals surface area contributed by atoms with Crippen LogP contribution in [-0.2, 0) is 4.79 Å². The number of rotatable bonds is 5. The highest BCUT2D eigenvalue weighted by atomic mass is 16.2. The van der Waals surface area contributed by atoms with Crippen LogP contribution in [0.25, 0.3) is 5.70 Å². The highest BCUT2D eigenvalue weighted by Crippen LogP contribution is 2.30. The molecule has 0 radical (unpaired) electrons. The first-order valence-corrected chi connectivity index (χ1v) is 9.92. The number of urea groups is 1.